The van der Waals surface area contributed by atoms with Gasteiger partial charge in [-0.05, 0) is 29.4 Å². The van der Waals surface area contributed by atoms with Crippen molar-refractivity contribution in [1.82, 2.24) is 0 Å². The third-order valence-electron chi connectivity index (χ3n) is 3.78. The Bertz CT molecular complexity index is 487. The van der Waals surface area contributed by atoms with E-state index in [2.05, 4.69) is 45.2 Å². The number of benzene rings is 1. The molecule has 0 radical (unpaired) electrons. The van der Waals surface area contributed by atoms with Crippen LogP contribution in [0.15, 0.2) is 30.3 Å². The van der Waals surface area contributed by atoms with Gasteiger partial charge in [0.05, 0.1) is 6.61 Å². The lowest BCUT2D eigenvalue weighted by atomic mass is 10.1. The van der Waals surface area contributed by atoms with Crippen LogP contribution in [0, 0.1) is 0 Å². The minimum atomic E-state index is -4.04. The zero-order valence-electron chi connectivity index (χ0n) is 14.6. The van der Waals surface area contributed by atoms with Crippen molar-refractivity contribution >= 4 is 53.0 Å². The Balaban J connectivity index is 2.04. The summed E-state index contributed by atoms with van der Waals surface area (Å²) in [5.74, 6) is 0.344. The van der Waals surface area contributed by atoms with E-state index in [0.717, 1.165) is 12.8 Å². The Morgan fingerprint density at radius 1 is 0.960 bits per heavy atom. The summed E-state index contributed by atoms with van der Waals surface area (Å²) in [7, 11) is -4.04. The maximum Gasteiger partial charge on any atom is 0.527 e. The minimum absolute atomic E-state index is 0.223. The lowest BCUT2D eigenvalue weighted by molar-refractivity contribution is 0.204. The maximum absolute atomic E-state index is 11.9. The first-order valence-electron chi connectivity index (χ1n) is 8.95. The zero-order valence-corrected chi connectivity index (χ0v) is 19.8. The van der Waals surface area contributed by atoms with Crippen LogP contribution >= 0.6 is 53.0 Å². The van der Waals surface area contributed by atoms with Crippen LogP contribution in [0.1, 0.15) is 57.8 Å². The van der Waals surface area contributed by atoms with Gasteiger partial charge in [-0.15, -0.1) is 0 Å². The molecule has 0 saturated carbocycles. The van der Waals surface area contributed by atoms with E-state index in [4.69, 9.17) is 9.05 Å². The third-order valence-corrected chi connectivity index (χ3v) is 6.45. The van der Waals surface area contributed by atoms with Gasteiger partial charge in [-0.25, -0.2) is 4.57 Å². The smallest absolute Gasteiger partial charge is 0.404 e. The molecule has 0 aliphatic heterocycles. The topological polar surface area (TPSA) is 55.8 Å². The zero-order chi connectivity index (χ0) is 18.4. The predicted octanol–water partition coefficient (Wildman–Crippen LogP) is 6.93. The summed E-state index contributed by atoms with van der Waals surface area (Å²) in [6.07, 6.45) is 11.4. The van der Waals surface area contributed by atoms with E-state index in [0.29, 0.717) is 5.75 Å². The Morgan fingerprint density at radius 3 is 2.12 bits per heavy atom. The summed E-state index contributed by atoms with van der Waals surface area (Å²) in [6, 6.07) is 8.59. The number of hydrogen-bond donors (Lipinski definition) is 1. The fourth-order valence-corrected chi connectivity index (χ4v) is 4.67. The molecule has 0 aliphatic rings. The number of alkyl halides is 2. The first-order valence-corrected chi connectivity index (χ1v) is 13.2. The maximum atomic E-state index is 11.9. The van der Waals surface area contributed by atoms with E-state index in [9.17, 15) is 9.46 Å². The molecule has 2 unspecified atom stereocenters. The second-order valence-electron chi connectivity index (χ2n) is 6.07. The van der Waals surface area contributed by atoms with Crippen molar-refractivity contribution in [2.24, 2.45) is 0 Å². The van der Waals surface area contributed by atoms with Gasteiger partial charge in [-0.1, -0.05) is 108 Å². The van der Waals surface area contributed by atoms with Gasteiger partial charge < -0.3 is 4.52 Å². The van der Waals surface area contributed by atoms with E-state index in [1.165, 1.54) is 49.4 Å². The summed E-state index contributed by atoms with van der Waals surface area (Å²) in [4.78, 5) is 9.75. The molecule has 0 saturated heterocycles. The lowest BCUT2D eigenvalue weighted by Crippen LogP contribution is -2.09. The number of hydrogen-bond acceptors (Lipinski definition) is 3. The number of para-hydroxylation sites is 1. The Morgan fingerprint density at radius 2 is 1.52 bits per heavy atom. The predicted molar refractivity (Wildman–Crippen MR) is 121 cm³/mol. The second kappa shape index (κ2) is 14.7. The Labute approximate surface area is 179 Å². The first kappa shape index (κ1) is 23.7. The standard InChI is InChI=1S/C18H29I2O4P/c19-15-11-6-4-2-1-3-5-8-12-17(20)16-23-25(21,22)24-18-13-9-7-10-14-18/h7,9-10,13-14,17H,1-6,8,11-12,15-16H2,(H,21,22). The number of rotatable bonds is 15. The van der Waals surface area contributed by atoms with Gasteiger partial charge >= 0.3 is 7.82 Å². The number of halogens is 2. The van der Waals surface area contributed by atoms with E-state index >= 15 is 0 Å². The molecule has 144 valence electrons. The number of unbranched alkanes of at least 4 members (excludes halogenated alkanes) is 7. The highest BCUT2D eigenvalue weighted by Gasteiger charge is 2.24. The molecule has 4 nitrogen and oxygen atoms in total. The van der Waals surface area contributed by atoms with Gasteiger partial charge in [-0.3, -0.25) is 9.42 Å². The molecular formula is C18H29I2O4P. The van der Waals surface area contributed by atoms with Crippen molar-refractivity contribution in [2.45, 2.75) is 61.7 Å². The molecule has 2 atom stereocenters. The van der Waals surface area contributed by atoms with Gasteiger partial charge in [0.2, 0.25) is 0 Å². The van der Waals surface area contributed by atoms with Crippen molar-refractivity contribution in [3.05, 3.63) is 30.3 Å². The van der Waals surface area contributed by atoms with Gasteiger partial charge in [0.1, 0.15) is 5.75 Å². The fourth-order valence-electron chi connectivity index (χ4n) is 2.42. The van der Waals surface area contributed by atoms with Crippen molar-refractivity contribution in [3.8, 4) is 5.75 Å². The third kappa shape index (κ3) is 13.4. The van der Waals surface area contributed by atoms with E-state index in [1.807, 2.05) is 6.07 Å². The van der Waals surface area contributed by atoms with Gasteiger partial charge in [0.15, 0.2) is 0 Å². The highest BCUT2D eigenvalue weighted by atomic mass is 127. The summed E-state index contributed by atoms with van der Waals surface area (Å²) in [6.45, 7) is 0.234. The van der Waals surface area contributed by atoms with Crippen LogP contribution < -0.4 is 4.52 Å². The largest absolute Gasteiger partial charge is 0.527 e. The first-order chi connectivity index (χ1) is 12.0. The van der Waals surface area contributed by atoms with Gasteiger partial charge in [0, 0.05) is 3.92 Å². The van der Waals surface area contributed by atoms with Gasteiger partial charge in [0.25, 0.3) is 0 Å². The van der Waals surface area contributed by atoms with Crippen LogP contribution in [-0.4, -0.2) is 19.9 Å². The molecule has 0 spiro atoms. The average molecular weight is 594 g/mol. The molecular weight excluding hydrogens is 565 g/mol. The van der Waals surface area contributed by atoms with Crippen LogP contribution in [0.3, 0.4) is 0 Å². The molecule has 0 fully saturated rings. The molecule has 1 aromatic carbocycles. The fraction of sp³-hybridized carbons (Fsp3) is 0.667. The molecule has 0 heterocycles. The highest BCUT2D eigenvalue weighted by molar-refractivity contribution is 14.1. The Kier molecular flexibility index (Phi) is 13.9. The molecule has 1 rings (SSSR count). The molecule has 0 aromatic heterocycles. The summed E-state index contributed by atoms with van der Waals surface area (Å²) < 4.78 is 23.6. The van der Waals surface area contributed by atoms with Gasteiger partial charge in [-0.2, -0.15) is 0 Å². The quantitative estimate of drug-likeness (QED) is 0.104. The monoisotopic (exact) mass is 594 g/mol. The van der Waals surface area contributed by atoms with Crippen molar-refractivity contribution in [3.63, 3.8) is 0 Å². The van der Waals surface area contributed by atoms with E-state index < -0.39 is 7.82 Å². The van der Waals surface area contributed by atoms with E-state index in [1.54, 1.807) is 24.3 Å². The van der Waals surface area contributed by atoms with Crippen LogP contribution in [0.2, 0.25) is 0 Å². The number of phosphoric acid groups is 1. The normalized spacial score (nSPS) is 14.8. The lowest BCUT2D eigenvalue weighted by Gasteiger charge is -2.15. The van der Waals surface area contributed by atoms with Crippen LogP contribution in [0.5, 0.6) is 5.75 Å². The van der Waals surface area contributed by atoms with Crippen molar-refractivity contribution in [1.29, 1.82) is 0 Å². The van der Waals surface area contributed by atoms with Crippen molar-refractivity contribution in [2.75, 3.05) is 11.0 Å². The SMILES string of the molecule is O=P(O)(OCC(I)CCCCCCCCCCI)Oc1ccccc1. The molecule has 0 aliphatic carbocycles. The summed E-state index contributed by atoms with van der Waals surface area (Å²) >= 11 is 4.72. The molecule has 25 heavy (non-hydrogen) atoms. The number of phosphoric ester groups is 1. The highest BCUT2D eigenvalue weighted by Crippen LogP contribution is 2.44. The average Bonchev–Trinajstić information content (AvgIpc) is 2.59. The summed E-state index contributed by atoms with van der Waals surface area (Å²) in [5.41, 5.74) is 0. The van der Waals surface area contributed by atoms with E-state index in [-0.39, 0.29) is 10.5 Å². The molecule has 0 bridgehead atoms. The molecule has 1 N–H and O–H groups in total. The van der Waals surface area contributed by atoms with Crippen LogP contribution in [-0.2, 0) is 9.09 Å². The van der Waals surface area contributed by atoms with Crippen molar-refractivity contribution < 1.29 is 18.5 Å². The molecule has 7 heteroatoms. The van der Waals surface area contributed by atoms with Crippen LogP contribution in [0.4, 0.5) is 0 Å². The van der Waals surface area contributed by atoms with Crippen LogP contribution in [0.25, 0.3) is 0 Å². The second-order valence-corrected chi connectivity index (χ2v) is 10.3. The minimum Gasteiger partial charge on any atom is -0.404 e. The Hall–Kier alpha value is 0.630. The molecule has 0 amide bonds. The molecule has 1 aromatic rings. The summed E-state index contributed by atoms with van der Waals surface area (Å²) in [5, 5.41) is 0.